The van der Waals surface area contributed by atoms with Gasteiger partial charge < -0.3 is 0 Å². The summed E-state index contributed by atoms with van der Waals surface area (Å²) >= 11 is 0. The summed E-state index contributed by atoms with van der Waals surface area (Å²) in [6.45, 7) is 6.07. The van der Waals surface area contributed by atoms with E-state index in [1.807, 2.05) is 0 Å². The Morgan fingerprint density at radius 3 is 2.15 bits per heavy atom. The molecule has 0 atom stereocenters. The second kappa shape index (κ2) is 11.7. The monoisotopic (exact) mass is 181 g/mol. The highest BCUT2D eigenvalue weighted by molar-refractivity contribution is 4.81. The molecule has 0 nitrogen and oxygen atoms in total. The third-order valence-corrected chi connectivity index (χ3v) is 2.26. The smallest absolute Gasteiger partial charge is 0.0351 e. The van der Waals surface area contributed by atoms with Gasteiger partial charge in [0.15, 0.2) is 0 Å². The van der Waals surface area contributed by atoms with Crippen molar-refractivity contribution in [2.24, 2.45) is 0 Å². The highest BCUT2D eigenvalue weighted by Gasteiger charge is 1.87. The van der Waals surface area contributed by atoms with Gasteiger partial charge in [-0.05, 0) is 25.7 Å². The van der Waals surface area contributed by atoms with Crippen LogP contribution < -0.4 is 0 Å². The van der Waals surface area contributed by atoms with E-state index < -0.39 is 0 Å². The lowest BCUT2D eigenvalue weighted by molar-refractivity contribution is 0.611. The fraction of sp³-hybridized carbons (Fsp3) is 0.769. The van der Waals surface area contributed by atoms with Gasteiger partial charge in [0, 0.05) is 0 Å². The average molecular weight is 181 g/mol. The molecule has 0 saturated heterocycles. The predicted molar refractivity (Wildman–Crippen MR) is 61.7 cm³/mol. The molecule has 1 radical (unpaired) electrons. The zero-order valence-corrected chi connectivity index (χ0v) is 9.23. The molecule has 77 valence electrons. The maximum absolute atomic E-state index is 3.80. The van der Waals surface area contributed by atoms with Gasteiger partial charge in [0.2, 0.25) is 0 Å². The summed E-state index contributed by atoms with van der Waals surface area (Å²) in [7, 11) is 0. The Morgan fingerprint density at radius 1 is 0.846 bits per heavy atom. The molecule has 0 aromatic heterocycles. The molecule has 0 N–H and O–H groups in total. The molecule has 0 unspecified atom stereocenters. The minimum Gasteiger partial charge on any atom is -0.0885 e. The van der Waals surface area contributed by atoms with Gasteiger partial charge in [-0.2, -0.15) is 0 Å². The molecule has 0 aromatic carbocycles. The van der Waals surface area contributed by atoms with E-state index in [1.165, 1.54) is 44.9 Å². The SMILES string of the molecule is [CH2]CCC=CCCCCCCCC. The quantitative estimate of drug-likeness (QED) is 0.350. The molecule has 0 heteroatoms. The maximum atomic E-state index is 3.80. The average Bonchev–Trinajstić information content (AvgIpc) is 2.16. The topological polar surface area (TPSA) is 0 Å². The summed E-state index contributed by atoms with van der Waals surface area (Å²) in [6.07, 6.45) is 16.4. The van der Waals surface area contributed by atoms with E-state index in [0.29, 0.717) is 0 Å². The Labute approximate surface area is 84.4 Å². The van der Waals surface area contributed by atoms with E-state index in [-0.39, 0.29) is 0 Å². The van der Waals surface area contributed by atoms with Crippen molar-refractivity contribution in [3.63, 3.8) is 0 Å². The van der Waals surface area contributed by atoms with Gasteiger partial charge >= 0.3 is 0 Å². The summed E-state index contributed by atoms with van der Waals surface area (Å²) in [6, 6.07) is 0. The van der Waals surface area contributed by atoms with Crippen LogP contribution in [0.5, 0.6) is 0 Å². The van der Waals surface area contributed by atoms with Crippen LogP contribution in [0.2, 0.25) is 0 Å². The third-order valence-electron chi connectivity index (χ3n) is 2.26. The molecule has 0 aliphatic carbocycles. The zero-order chi connectivity index (χ0) is 9.78. The largest absolute Gasteiger partial charge is 0.0885 e. The summed E-state index contributed by atoms with van der Waals surface area (Å²) in [4.78, 5) is 0. The summed E-state index contributed by atoms with van der Waals surface area (Å²) in [5.41, 5.74) is 0. The highest BCUT2D eigenvalue weighted by Crippen LogP contribution is 2.07. The normalized spacial score (nSPS) is 11.2. The number of allylic oxidation sites excluding steroid dienone is 2. The molecule has 0 amide bonds. The van der Waals surface area contributed by atoms with Crippen LogP contribution in [0.1, 0.15) is 64.7 Å². The molecular weight excluding hydrogens is 156 g/mol. The standard InChI is InChI=1S/C13H25/c1-3-5-7-9-11-13-12-10-8-6-4-2/h7,9H,1,3-6,8,10-13H2,2H3. The Morgan fingerprint density at radius 2 is 1.46 bits per heavy atom. The van der Waals surface area contributed by atoms with Crippen LogP contribution in [0.3, 0.4) is 0 Å². The third kappa shape index (κ3) is 11.7. The second-order valence-electron chi connectivity index (χ2n) is 3.67. The van der Waals surface area contributed by atoms with E-state index in [9.17, 15) is 0 Å². The van der Waals surface area contributed by atoms with Gasteiger partial charge in [0.05, 0.1) is 0 Å². The van der Waals surface area contributed by atoms with Crippen molar-refractivity contribution < 1.29 is 0 Å². The van der Waals surface area contributed by atoms with Crippen LogP contribution >= 0.6 is 0 Å². The van der Waals surface area contributed by atoms with Crippen molar-refractivity contribution in [3.8, 4) is 0 Å². The lowest BCUT2D eigenvalue weighted by atomic mass is 10.1. The lowest BCUT2D eigenvalue weighted by Crippen LogP contribution is -1.77. The van der Waals surface area contributed by atoms with E-state index in [4.69, 9.17) is 0 Å². The van der Waals surface area contributed by atoms with Crippen molar-refractivity contribution >= 4 is 0 Å². The summed E-state index contributed by atoms with van der Waals surface area (Å²) < 4.78 is 0. The summed E-state index contributed by atoms with van der Waals surface area (Å²) in [5.74, 6) is 0. The van der Waals surface area contributed by atoms with Crippen molar-refractivity contribution in [1.82, 2.24) is 0 Å². The zero-order valence-electron chi connectivity index (χ0n) is 9.23. The number of unbranched alkanes of at least 4 members (excludes halogenated alkanes) is 7. The first kappa shape index (κ1) is 12.7. The predicted octanol–water partition coefficient (Wildman–Crippen LogP) is 4.91. The fourth-order valence-electron chi connectivity index (χ4n) is 1.40. The van der Waals surface area contributed by atoms with Gasteiger partial charge in [0.25, 0.3) is 0 Å². The van der Waals surface area contributed by atoms with Crippen molar-refractivity contribution in [2.45, 2.75) is 64.7 Å². The first-order valence-electron chi connectivity index (χ1n) is 5.86. The number of hydrogen-bond acceptors (Lipinski definition) is 0. The van der Waals surface area contributed by atoms with Gasteiger partial charge in [0.1, 0.15) is 0 Å². The minimum atomic E-state index is 1.03. The van der Waals surface area contributed by atoms with E-state index in [2.05, 4.69) is 26.0 Å². The Balaban J connectivity index is 2.91. The van der Waals surface area contributed by atoms with Crippen LogP contribution in [0, 0.1) is 6.92 Å². The van der Waals surface area contributed by atoms with Gasteiger partial charge in [-0.1, -0.05) is 58.1 Å². The fourth-order valence-corrected chi connectivity index (χ4v) is 1.40. The first-order chi connectivity index (χ1) is 6.41. The molecule has 0 rings (SSSR count). The Hall–Kier alpha value is -0.260. The molecule has 0 fully saturated rings. The van der Waals surface area contributed by atoms with Crippen LogP contribution in [0.15, 0.2) is 12.2 Å². The number of rotatable bonds is 9. The molecule has 0 bridgehead atoms. The maximum Gasteiger partial charge on any atom is -0.0351 e. The molecule has 0 aromatic rings. The minimum absolute atomic E-state index is 1.03. The van der Waals surface area contributed by atoms with E-state index in [1.54, 1.807) is 0 Å². The lowest BCUT2D eigenvalue weighted by Gasteiger charge is -1.97. The van der Waals surface area contributed by atoms with Crippen LogP contribution in [0.4, 0.5) is 0 Å². The van der Waals surface area contributed by atoms with Crippen molar-refractivity contribution in [2.75, 3.05) is 0 Å². The molecule has 0 aliphatic rings. The Kier molecular flexibility index (Phi) is 11.5. The Bertz CT molecular complexity index is 103. The molecule has 0 saturated carbocycles. The van der Waals surface area contributed by atoms with E-state index >= 15 is 0 Å². The summed E-state index contributed by atoms with van der Waals surface area (Å²) in [5, 5.41) is 0. The van der Waals surface area contributed by atoms with Gasteiger partial charge in [-0.15, -0.1) is 0 Å². The van der Waals surface area contributed by atoms with Crippen LogP contribution in [-0.2, 0) is 0 Å². The molecule has 0 spiro atoms. The molecule has 0 aliphatic heterocycles. The van der Waals surface area contributed by atoms with E-state index in [0.717, 1.165) is 12.8 Å². The second-order valence-corrected chi connectivity index (χ2v) is 3.67. The molecule has 13 heavy (non-hydrogen) atoms. The van der Waals surface area contributed by atoms with Crippen molar-refractivity contribution in [3.05, 3.63) is 19.1 Å². The van der Waals surface area contributed by atoms with Crippen LogP contribution in [-0.4, -0.2) is 0 Å². The van der Waals surface area contributed by atoms with Gasteiger partial charge in [-0.25, -0.2) is 0 Å². The van der Waals surface area contributed by atoms with Crippen LogP contribution in [0.25, 0.3) is 0 Å². The molecular formula is C13H25. The number of hydrogen-bond donors (Lipinski definition) is 0. The van der Waals surface area contributed by atoms with Gasteiger partial charge in [-0.3, -0.25) is 0 Å². The van der Waals surface area contributed by atoms with Crippen molar-refractivity contribution in [1.29, 1.82) is 0 Å². The highest BCUT2D eigenvalue weighted by atomic mass is 13.9. The first-order valence-corrected chi connectivity index (χ1v) is 5.86. The molecule has 0 heterocycles.